The number of aryl methyl sites for hydroxylation is 1. The highest BCUT2D eigenvalue weighted by atomic mass is 32.1. The lowest BCUT2D eigenvalue weighted by molar-refractivity contribution is -0.137. The first-order valence-corrected chi connectivity index (χ1v) is 10.6. The number of rotatable bonds is 6. The van der Waals surface area contributed by atoms with E-state index in [1.54, 1.807) is 0 Å². The molecule has 0 spiro atoms. The molecule has 28 heavy (non-hydrogen) atoms. The van der Waals surface area contributed by atoms with Crippen LogP contribution in [0.2, 0.25) is 0 Å². The zero-order valence-corrected chi connectivity index (χ0v) is 17.0. The van der Waals surface area contributed by atoms with Gasteiger partial charge < -0.3 is 14.4 Å². The largest absolute Gasteiger partial charge is 0.416 e. The van der Waals surface area contributed by atoms with Gasteiger partial charge in [-0.15, -0.1) is 0 Å². The Labute approximate surface area is 164 Å². The zero-order chi connectivity index (χ0) is 20.5. The first-order valence-electron chi connectivity index (χ1n) is 8.19. The van der Waals surface area contributed by atoms with Crippen molar-refractivity contribution in [1.29, 1.82) is 0 Å². The Morgan fingerprint density at radius 2 is 1.75 bits per heavy atom. The van der Waals surface area contributed by atoms with Crippen molar-refractivity contribution in [2.24, 2.45) is 0 Å². The maximum atomic E-state index is 13.1. The van der Waals surface area contributed by atoms with E-state index in [9.17, 15) is 17.7 Å². The minimum atomic E-state index is -4.46. The molecule has 0 saturated heterocycles. The molecule has 0 bridgehead atoms. The van der Waals surface area contributed by atoms with E-state index in [1.165, 1.54) is 37.7 Å². The fraction of sp³-hybridized carbons (Fsp3) is 0.278. The average molecular weight is 430 g/mol. The quantitative estimate of drug-likeness (QED) is 0.471. The third kappa shape index (κ3) is 4.07. The molecule has 1 aromatic heterocycles. The van der Waals surface area contributed by atoms with Crippen LogP contribution in [0.3, 0.4) is 0 Å². The van der Waals surface area contributed by atoms with Crippen molar-refractivity contribution in [3.05, 3.63) is 59.2 Å². The van der Waals surface area contributed by atoms with Crippen molar-refractivity contribution in [1.82, 2.24) is 4.98 Å². The van der Waals surface area contributed by atoms with Gasteiger partial charge in [-0.1, -0.05) is 35.6 Å². The van der Waals surface area contributed by atoms with Crippen LogP contribution in [0.4, 0.5) is 18.3 Å². The Morgan fingerprint density at radius 1 is 1.11 bits per heavy atom. The molecule has 0 aliphatic carbocycles. The van der Waals surface area contributed by atoms with Gasteiger partial charge in [0.25, 0.3) is 0 Å². The highest BCUT2D eigenvalue weighted by Gasteiger charge is 2.37. The molecular formula is C18H18F3N2O3PS. The van der Waals surface area contributed by atoms with Crippen LogP contribution in [0.25, 0.3) is 10.2 Å². The number of nitrogens with one attached hydrogen (secondary N) is 1. The highest BCUT2D eigenvalue weighted by Crippen LogP contribution is 2.60. The van der Waals surface area contributed by atoms with E-state index >= 15 is 0 Å². The van der Waals surface area contributed by atoms with Crippen molar-refractivity contribution in [2.45, 2.75) is 18.9 Å². The van der Waals surface area contributed by atoms with E-state index in [1.807, 2.05) is 25.1 Å². The Bertz CT molecular complexity index is 1010. The number of aromatic nitrogens is 1. The topological polar surface area (TPSA) is 60.5 Å². The molecule has 0 aliphatic rings. The normalized spacial score (nSPS) is 13.6. The van der Waals surface area contributed by atoms with Gasteiger partial charge in [0.2, 0.25) is 0 Å². The molecule has 2 aromatic carbocycles. The van der Waals surface area contributed by atoms with E-state index in [4.69, 9.17) is 9.05 Å². The second kappa shape index (κ2) is 7.83. The monoisotopic (exact) mass is 430 g/mol. The Morgan fingerprint density at radius 3 is 2.29 bits per heavy atom. The van der Waals surface area contributed by atoms with Gasteiger partial charge >= 0.3 is 13.8 Å². The summed E-state index contributed by atoms with van der Waals surface area (Å²) in [4.78, 5) is 4.51. The molecule has 3 rings (SSSR count). The average Bonchev–Trinajstić information content (AvgIpc) is 3.09. The second-order valence-corrected chi connectivity index (χ2v) is 9.37. The minimum absolute atomic E-state index is 0.330. The summed E-state index contributed by atoms with van der Waals surface area (Å²) in [7, 11) is -1.26. The summed E-state index contributed by atoms with van der Waals surface area (Å²) in [5.41, 5.74) is 1.31. The van der Waals surface area contributed by atoms with Crippen LogP contribution in [-0.4, -0.2) is 19.2 Å². The molecule has 0 radical (unpaired) electrons. The number of nitrogens with zero attached hydrogens (tertiary/aromatic N) is 1. The van der Waals surface area contributed by atoms with Gasteiger partial charge in [-0.05, 0) is 36.2 Å². The standard InChI is InChI=1S/C18H18F3N2O3PS/c1-11-5-4-6-14-15(11)22-17(28-14)23-16(27(24,25-2)26-3)12-7-9-13(10-8-12)18(19,20)21/h4-10,16H,1-3H3,(H,22,23). The van der Waals surface area contributed by atoms with Crippen molar-refractivity contribution >= 4 is 34.3 Å². The fourth-order valence-corrected chi connectivity index (χ4v) is 5.20. The molecule has 1 N–H and O–H groups in total. The van der Waals surface area contributed by atoms with Crippen LogP contribution >= 0.6 is 18.9 Å². The summed E-state index contributed by atoms with van der Waals surface area (Å²) in [6.45, 7) is 1.92. The van der Waals surface area contributed by atoms with Gasteiger partial charge in [0, 0.05) is 14.2 Å². The summed E-state index contributed by atoms with van der Waals surface area (Å²) in [5.74, 6) is -1.02. The van der Waals surface area contributed by atoms with Crippen LogP contribution < -0.4 is 5.32 Å². The van der Waals surface area contributed by atoms with E-state index in [0.717, 1.165) is 27.9 Å². The molecule has 1 heterocycles. The highest BCUT2D eigenvalue weighted by molar-refractivity contribution is 7.54. The molecule has 1 unspecified atom stereocenters. The van der Waals surface area contributed by atoms with Crippen molar-refractivity contribution in [2.75, 3.05) is 19.5 Å². The summed E-state index contributed by atoms with van der Waals surface area (Å²) in [5, 5.41) is 3.49. The number of thiazole rings is 1. The molecule has 10 heteroatoms. The van der Waals surface area contributed by atoms with Crippen molar-refractivity contribution in [3.8, 4) is 0 Å². The van der Waals surface area contributed by atoms with Crippen LogP contribution in [0.5, 0.6) is 0 Å². The number of anilines is 1. The van der Waals surface area contributed by atoms with Crippen LogP contribution in [0.1, 0.15) is 22.5 Å². The van der Waals surface area contributed by atoms with Crippen LogP contribution in [0, 0.1) is 6.92 Å². The van der Waals surface area contributed by atoms with E-state index in [-0.39, 0.29) is 0 Å². The molecular weight excluding hydrogens is 412 g/mol. The van der Waals surface area contributed by atoms with Crippen LogP contribution in [0.15, 0.2) is 42.5 Å². The lowest BCUT2D eigenvalue weighted by Crippen LogP contribution is -2.14. The number of hydrogen-bond acceptors (Lipinski definition) is 6. The summed E-state index contributed by atoms with van der Waals surface area (Å²) in [6, 6.07) is 10.1. The number of fused-ring (bicyclic) bond motifs is 1. The van der Waals surface area contributed by atoms with Crippen LogP contribution in [-0.2, 0) is 19.8 Å². The SMILES string of the molecule is COP(=O)(OC)C(Nc1nc2c(C)cccc2s1)c1ccc(C(F)(F)F)cc1. The number of alkyl halides is 3. The summed E-state index contributed by atoms with van der Waals surface area (Å²) < 4.78 is 62.8. The molecule has 0 amide bonds. The van der Waals surface area contributed by atoms with Crippen molar-refractivity contribution in [3.63, 3.8) is 0 Å². The molecule has 3 aromatic rings. The van der Waals surface area contributed by atoms with E-state index < -0.39 is 25.1 Å². The van der Waals surface area contributed by atoms with Gasteiger partial charge in [-0.25, -0.2) is 4.98 Å². The maximum Gasteiger partial charge on any atom is 0.416 e. The lowest BCUT2D eigenvalue weighted by atomic mass is 10.1. The number of halogens is 3. The number of benzene rings is 2. The Balaban J connectivity index is 2.02. The van der Waals surface area contributed by atoms with Gasteiger partial charge in [0.05, 0.1) is 15.8 Å². The summed E-state index contributed by atoms with van der Waals surface area (Å²) >= 11 is 1.34. The number of hydrogen-bond donors (Lipinski definition) is 1. The fourth-order valence-electron chi connectivity index (χ4n) is 2.75. The van der Waals surface area contributed by atoms with E-state index in [0.29, 0.717) is 10.7 Å². The third-order valence-corrected chi connectivity index (χ3v) is 7.29. The molecule has 0 saturated carbocycles. The predicted octanol–water partition coefficient (Wildman–Crippen LogP) is 6.22. The van der Waals surface area contributed by atoms with Crippen molar-refractivity contribution < 1.29 is 26.8 Å². The van der Waals surface area contributed by atoms with Gasteiger partial charge in [-0.2, -0.15) is 13.2 Å². The first kappa shape index (κ1) is 20.8. The van der Waals surface area contributed by atoms with Gasteiger partial charge in [-0.3, -0.25) is 4.57 Å². The Kier molecular flexibility index (Phi) is 5.82. The number of para-hydroxylation sites is 1. The third-order valence-electron chi connectivity index (χ3n) is 4.26. The minimum Gasteiger partial charge on any atom is -0.344 e. The Hall–Kier alpha value is -1.93. The molecule has 0 aliphatic heterocycles. The smallest absolute Gasteiger partial charge is 0.344 e. The molecule has 1 atom stereocenters. The lowest BCUT2D eigenvalue weighted by Gasteiger charge is -2.25. The first-order chi connectivity index (χ1) is 13.2. The maximum absolute atomic E-state index is 13.1. The molecule has 5 nitrogen and oxygen atoms in total. The summed E-state index contributed by atoms with van der Waals surface area (Å²) in [6.07, 6.45) is -4.46. The van der Waals surface area contributed by atoms with E-state index in [2.05, 4.69) is 10.3 Å². The zero-order valence-electron chi connectivity index (χ0n) is 15.3. The molecule has 0 fully saturated rings. The van der Waals surface area contributed by atoms with Gasteiger partial charge in [0.1, 0.15) is 0 Å². The second-order valence-electron chi connectivity index (χ2n) is 6.01. The predicted molar refractivity (Wildman–Crippen MR) is 104 cm³/mol. The molecule has 150 valence electrons. The van der Waals surface area contributed by atoms with Gasteiger partial charge in [0.15, 0.2) is 10.9 Å².